The Labute approximate surface area is 115 Å². The molecule has 0 bridgehead atoms. The van der Waals surface area contributed by atoms with Gasteiger partial charge in [-0.15, -0.1) is 0 Å². The SMILES string of the molecule is Cn1cnc(CCNC(=O)c2cc(N)cc(Cl)c2)n1. The molecule has 2 aromatic rings. The Morgan fingerprint density at radius 1 is 1.47 bits per heavy atom. The first-order valence-electron chi connectivity index (χ1n) is 5.73. The molecule has 0 saturated carbocycles. The third-order valence-electron chi connectivity index (χ3n) is 2.46. The van der Waals surface area contributed by atoms with Crippen LogP contribution in [0.2, 0.25) is 5.02 Å². The molecule has 0 unspecified atom stereocenters. The standard InChI is InChI=1S/C12H14ClN5O/c1-18-7-16-11(17-18)2-3-15-12(19)8-4-9(13)6-10(14)5-8/h4-7H,2-3,14H2,1H3,(H,15,19). The zero-order valence-electron chi connectivity index (χ0n) is 10.4. The second-order valence-corrected chi connectivity index (χ2v) is 4.55. The van der Waals surface area contributed by atoms with E-state index < -0.39 is 0 Å². The van der Waals surface area contributed by atoms with Crippen LogP contribution in [0, 0.1) is 0 Å². The van der Waals surface area contributed by atoms with Crippen molar-refractivity contribution in [1.29, 1.82) is 0 Å². The summed E-state index contributed by atoms with van der Waals surface area (Å²) in [4.78, 5) is 15.9. The van der Waals surface area contributed by atoms with E-state index in [2.05, 4.69) is 15.4 Å². The first-order chi connectivity index (χ1) is 9.04. The zero-order valence-corrected chi connectivity index (χ0v) is 11.2. The van der Waals surface area contributed by atoms with E-state index in [4.69, 9.17) is 17.3 Å². The molecule has 19 heavy (non-hydrogen) atoms. The number of amides is 1. The highest BCUT2D eigenvalue weighted by Gasteiger charge is 2.07. The van der Waals surface area contributed by atoms with Gasteiger partial charge in [0.2, 0.25) is 0 Å². The Morgan fingerprint density at radius 2 is 2.26 bits per heavy atom. The average Bonchev–Trinajstić information content (AvgIpc) is 2.73. The number of nitrogens with zero attached hydrogens (tertiary/aromatic N) is 3. The van der Waals surface area contributed by atoms with E-state index in [1.807, 2.05) is 0 Å². The van der Waals surface area contributed by atoms with Crippen LogP contribution in [0.15, 0.2) is 24.5 Å². The molecule has 1 aromatic carbocycles. The second kappa shape index (κ2) is 5.71. The summed E-state index contributed by atoms with van der Waals surface area (Å²) in [6.45, 7) is 0.454. The highest BCUT2D eigenvalue weighted by atomic mass is 35.5. The molecule has 0 radical (unpaired) electrons. The van der Waals surface area contributed by atoms with Crippen LogP contribution in [0.3, 0.4) is 0 Å². The van der Waals surface area contributed by atoms with Gasteiger partial charge in [-0.2, -0.15) is 5.10 Å². The van der Waals surface area contributed by atoms with Gasteiger partial charge in [-0.25, -0.2) is 4.98 Å². The van der Waals surface area contributed by atoms with Crippen LogP contribution in [-0.4, -0.2) is 27.2 Å². The fourth-order valence-corrected chi connectivity index (χ4v) is 1.88. The third kappa shape index (κ3) is 3.69. The number of hydrogen-bond donors (Lipinski definition) is 2. The number of nitrogens with two attached hydrogens (primary N) is 1. The maximum atomic E-state index is 11.9. The molecule has 0 fully saturated rings. The molecule has 0 aliphatic heterocycles. The molecular formula is C12H14ClN5O. The van der Waals surface area contributed by atoms with Crippen LogP contribution in [0.1, 0.15) is 16.2 Å². The largest absolute Gasteiger partial charge is 0.399 e. The minimum atomic E-state index is -0.217. The smallest absolute Gasteiger partial charge is 0.251 e. The van der Waals surface area contributed by atoms with Gasteiger partial charge in [0.05, 0.1) is 0 Å². The van der Waals surface area contributed by atoms with Crippen LogP contribution in [0.4, 0.5) is 5.69 Å². The van der Waals surface area contributed by atoms with Crippen molar-refractivity contribution in [3.63, 3.8) is 0 Å². The summed E-state index contributed by atoms with van der Waals surface area (Å²) >= 11 is 5.84. The molecule has 1 heterocycles. The van der Waals surface area contributed by atoms with Crippen molar-refractivity contribution in [2.24, 2.45) is 7.05 Å². The minimum Gasteiger partial charge on any atom is -0.399 e. The number of rotatable bonds is 4. The predicted molar refractivity (Wildman–Crippen MR) is 72.9 cm³/mol. The molecule has 2 rings (SSSR count). The first kappa shape index (κ1) is 13.4. The number of nitrogens with one attached hydrogen (secondary N) is 1. The molecular weight excluding hydrogens is 266 g/mol. The van der Waals surface area contributed by atoms with Crippen molar-refractivity contribution in [2.75, 3.05) is 12.3 Å². The normalized spacial score (nSPS) is 10.4. The van der Waals surface area contributed by atoms with Gasteiger partial charge in [0.15, 0.2) is 5.82 Å². The van der Waals surface area contributed by atoms with Crippen molar-refractivity contribution in [3.8, 4) is 0 Å². The maximum absolute atomic E-state index is 11.9. The molecule has 0 spiro atoms. The van der Waals surface area contributed by atoms with Gasteiger partial charge in [0.25, 0.3) is 5.91 Å². The summed E-state index contributed by atoms with van der Waals surface area (Å²) in [7, 11) is 1.80. The highest BCUT2D eigenvalue weighted by Crippen LogP contribution is 2.16. The Morgan fingerprint density at radius 3 is 2.89 bits per heavy atom. The fourth-order valence-electron chi connectivity index (χ4n) is 1.63. The molecule has 6 nitrogen and oxygen atoms in total. The minimum absolute atomic E-state index is 0.217. The van der Waals surface area contributed by atoms with Crippen LogP contribution in [0.5, 0.6) is 0 Å². The monoisotopic (exact) mass is 279 g/mol. The average molecular weight is 280 g/mol. The Hall–Kier alpha value is -2.08. The Balaban J connectivity index is 1.90. The predicted octanol–water partition coefficient (Wildman–Crippen LogP) is 1.02. The summed E-state index contributed by atoms with van der Waals surface area (Å²) in [6, 6.07) is 4.75. The highest BCUT2D eigenvalue weighted by molar-refractivity contribution is 6.31. The number of nitrogen functional groups attached to an aromatic ring is 1. The lowest BCUT2D eigenvalue weighted by molar-refractivity contribution is 0.0954. The van der Waals surface area contributed by atoms with E-state index in [-0.39, 0.29) is 5.91 Å². The van der Waals surface area contributed by atoms with Crippen LogP contribution in [0.25, 0.3) is 0 Å². The lowest BCUT2D eigenvalue weighted by atomic mass is 10.2. The quantitative estimate of drug-likeness (QED) is 0.818. The topological polar surface area (TPSA) is 85.8 Å². The lowest BCUT2D eigenvalue weighted by Crippen LogP contribution is -2.26. The Bertz CT molecular complexity index is 575. The van der Waals surface area contributed by atoms with Gasteiger partial charge in [-0.3, -0.25) is 9.48 Å². The molecule has 100 valence electrons. The molecule has 1 aromatic heterocycles. The Kier molecular flexibility index (Phi) is 4.01. The number of carbonyl (C=O) groups excluding carboxylic acids is 1. The molecule has 7 heteroatoms. The molecule has 0 atom stereocenters. The number of anilines is 1. The lowest BCUT2D eigenvalue weighted by Gasteiger charge is -2.05. The number of halogens is 1. The van der Waals surface area contributed by atoms with Gasteiger partial charge < -0.3 is 11.1 Å². The number of benzene rings is 1. The zero-order chi connectivity index (χ0) is 13.8. The van der Waals surface area contributed by atoms with Gasteiger partial charge in [0.1, 0.15) is 6.33 Å². The second-order valence-electron chi connectivity index (χ2n) is 4.11. The van der Waals surface area contributed by atoms with Crippen molar-refractivity contribution < 1.29 is 4.79 Å². The number of hydrogen-bond acceptors (Lipinski definition) is 4. The third-order valence-corrected chi connectivity index (χ3v) is 2.68. The van der Waals surface area contributed by atoms with Crippen LogP contribution < -0.4 is 11.1 Å². The van der Waals surface area contributed by atoms with Crippen LogP contribution >= 0.6 is 11.6 Å². The van der Waals surface area contributed by atoms with E-state index in [0.717, 1.165) is 0 Å². The molecule has 0 saturated heterocycles. The van der Waals surface area contributed by atoms with Crippen molar-refractivity contribution in [3.05, 3.63) is 40.9 Å². The fraction of sp³-hybridized carbons (Fsp3) is 0.250. The van der Waals surface area contributed by atoms with Crippen molar-refractivity contribution >= 4 is 23.2 Å². The summed E-state index contributed by atoms with van der Waals surface area (Å²) in [5, 5.41) is 7.33. The van der Waals surface area contributed by atoms with Gasteiger partial charge in [0, 0.05) is 36.3 Å². The van der Waals surface area contributed by atoms with E-state index in [0.29, 0.717) is 35.1 Å². The molecule has 3 N–H and O–H groups in total. The first-order valence-corrected chi connectivity index (χ1v) is 6.11. The van der Waals surface area contributed by atoms with E-state index in [1.54, 1.807) is 36.3 Å². The maximum Gasteiger partial charge on any atom is 0.251 e. The molecule has 1 amide bonds. The molecule has 0 aliphatic carbocycles. The summed E-state index contributed by atoms with van der Waals surface area (Å²) in [5.74, 6) is 0.471. The van der Waals surface area contributed by atoms with Gasteiger partial charge in [-0.1, -0.05) is 11.6 Å². The van der Waals surface area contributed by atoms with E-state index in [9.17, 15) is 4.79 Å². The van der Waals surface area contributed by atoms with E-state index in [1.165, 1.54) is 0 Å². The molecule has 0 aliphatic rings. The van der Waals surface area contributed by atoms with Crippen molar-refractivity contribution in [2.45, 2.75) is 6.42 Å². The summed E-state index contributed by atoms with van der Waals surface area (Å²) < 4.78 is 1.62. The number of carbonyl (C=O) groups is 1. The van der Waals surface area contributed by atoms with Gasteiger partial charge >= 0.3 is 0 Å². The van der Waals surface area contributed by atoms with Crippen LogP contribution in [-0.2, 0) is 13.5 Å². The summed E-state index contributed by atoms with van der Waals surface area (Å²) in [6.07, 6.45) is 2.19. The summed E-state index contributed by atoms with van der Waals surface area (Å²) in [5.41, 5.74) is 6.54. The van der Waals surface area contributed by atoms with E-state index >= 15 is 0 Å². The number of aryl methyl sites for hydroxylation is 1. The number of aromatic nitrogens is 3. The van der Waals surface area contributed by atoms with Crippen molar-refractivity contribution in [1.82, 2.24) is 20.1 Å². The van der Waals surface area contributed by atoms with Gasteiger partial charge in [-0.05, 0) is 18.2 Å².